The Bertz CT molecular complexity index is 624. The molecule has 0 bridgehead atoms. The van der Waals surface area contributed by atoms with Crippen LogP contribution in [0.4, 0.5) is 0 Å². The summed E-state index contributed by atoms with van der Waals surface area (Å²) < 4.78 is 0. The fourth-order valence-corrected chi connectivity index (χ4v) is 3.47. The minimum atomic E-state index is 0.488. The highest BCUT2D eigenvalue weighted by Crippen LogP contribution is 2.36. The summed E-state index contributed by atoms with van der Waals surface area (Å²) >= 11 is 12.1. The Morgan fingerprint density at radius 3 is 2.65 bits per heavy atom. The number of hydrogen-bond acceptors (Lipinski definition) is 1. The Hall–Kier alpha value is -1.02. The third-order valence-corrected chi connectivity index (χ3v) is 4.93. The van der Waals surface area contributed by atoms with Gasteiger partial charge in [0.25, 0.3) is 0 Å². The predicted molar refractivity (Wildman–Crippen MR) is 85.9 cm³/mol. The highest BCUT2D eigenvalue weighted by molar-refractivity contribution is 6.42. The SMILES string of the molecule is CN[C@@H]1Cc2ccccc2[C@@H]1Cc1ccc(Cl)c(Cl)c1. The zero-order valence-corrected chi connectivity index (χ0v) is 12.9. The van der Waals surface area contributed by atoms with E-state index in [0.717, 1.165) is 12.8 Å². The zero-order chi connectivity index (χ0) is 14.1. The van der Waals surface area contributed by atoms with E-state index >= 15 is 0 Å². The van der Waals surface area contributed by atoms with Crippen molar-refractivity contribution in [2.75, 3.05) is 7.05 Å². The van der Waals surface area contributed by atoms with Gasteiger partial charge in [-0.25, -0.2) is 0 Å². The lowest BCUT2D eigenvalue weighted by Crippen LogP contribution is -2.30. The lowest BCUT2D eigenvalue weighted by atomic mass is 9.91. The van der Waals surface area contributed by atoms with E-state index in [1.54, 1.807) is 0 Å². The Kier molecular flexibility index (Phi) is 4.02. The molecular weight excluding hydrogens is 289 g/mol. The van der Waals surface area contributed by atoms with Gasteiger partial charge in [0.2, 0.25) is 0 Å². The number of halogens is 2. The molecule has 2 aromatic rings. The van der Waals surface area contributed by atoms with Crippen molar-refractivity contribution < 1.29 is 0 Å². The van der Waals surface area contributed by atoms with Crippen molar-refractivity contribution in [2.24, 2.45) is 0 Å². The summed E-state index contributed by atoms with van der Waals surface area (Å²) in [7, 11) is 2.04. The molecule has 2 aromatic carbocycles. The van der Waals surface area contributed by atoms with Crippen LogP contribution in [0, 0.1) is 0 Å². The van der Waals surface area contributed by atoms with Gasteiger partial charge in [0.05, 0.1) is 10.0 Å². The summed E-state index contributed by atoms with van der Waals surface area (Å²) in [4.78, 5) is 0. The van der Waals surface area contributed by atoms with Crippen LogP contribution in [-0.4, -0.2) is 13.1 Å². The summed E-state index contributed by atoms with van der Waals surface area (Å²) in [6.45, 7) is 0. The maximum atomic E-state index is 6.12. The first-order valence-electron chi connectivity index (χ1n) is 6.88. The maximum Gasteiger partial charge on any atom is 0.0595 e. The fraction of sp³-hybridized carbons (Fsp3) is 0.294. The number of rotatable bonds is 3. The van der Waals surface area contributed by atoms with Crippen LogP contribution in [0.1, 0.15) is 22.6 Å². The first-order chi connectivity index (χ1) is 9.69. The molecule has 0 aromatic heterocycles. The smallest absolute Gasteiger partial charge is 0.0595 e. The molecule has 0 fully saturated rings. The minimum absolute atomic E-state index is 0.488. The van der Waals surface area contributed by atoms with E-state index in [0.29, 0.717) is 22.0 Å². The van der Waals surface area contributed by atoms with Crippen LogP contribution in [0.15, 0.2) is 42.5 Å². The second-order valence-corrected chi connectivity index (χ2v) is 6.17. The lowest BCUT2D eigenvalue weighted by Gasteiger charge is -2.20. The minimum Gasteiger partial charge on any atom is -0.316 e. The molecule has 3 rings (SSSR count). The van der Waals surface area contributed by atoms with Crippen molar-refractivity contribution in [1.29, 1.82) is 0 Å². The Balaban J connectivity index is 1.90. The van der Waals surface area contributed by atoms with Crippen LogP contribution >= 0.6 is 23.2 Å². The van der Waals surface area contributed by atoms with Gasteiger partial charge in [-0.1, -0.05) is 53.5 Å². The summed E-state index contributed by atoms with van der Waals surface area (Å²) in [6.07, 6.45) is 2.08. The van der Waals surface area contributed by atoms with Crippen molar-refractivity contribution in [3.8, 4) is 0 Å². The summed E-state index contributed by atoms with van der Waals surface area (Å²) in [5, 5.41) is 4.70. The average Bonchev–Trinajstić information content (AvgIpc) is 2.81. The van der Waals surface area contributed by atoms with Crippen molar-refractivity contribution in [1.82, 2.24) is 5.32 Å². The van der Waals surface area contributed by atoms with E-state index < -0.39 is 0 Å². The highest BCUT2D eigenvalue weighted by Gasteiger charge is 2.31. The first kappa shape index (κ1) is 13.9. The van der Waals surface area contributed by atoms with Gasteiger partial charge < -0.3 is 5.32 Å². The number of fused-ring (bicyclic) bond motifs is 1. The van der Waals surface area contributed by atoms with E-state index in [2.05, 4.69) is 35.6 Å². The number of nitrogens with one attached hydrogen (secondary N) is 1. The van der Waals surface area contributed by atoms with Crippen LogP contribution in [-0.2, 0) is 12.8 Å². The summed E-state index contributed by atoms with van der Waals surface area (Å²) in [5.74, 6) is 0.494. The van der Waals surface area contributed by atoms with Crippen molar-refractivity contribution in [3.05, 3.63) is 69.2 Å². The van der Waals surface area contributed by atoms with E-state index in [1.807, 2.05) is 19.2 Å². The molecule has 0 heterocycles. The zero-order valence-electron chi connectivity index (χ0n) is 11.4. The van der Waals surface area contributed by atoms with Gasteiger partial charge >= 0.3 is 0 Å². The molecule has 0 unspecified atom stereocenters. The first-order valence-corrected chi connectivity index (χ1v) is 7.63. The second kappa shape index (κ2) is 5.77. The third kappa shape index (κ3) is 2.58. The molecular formula is C17H17Cl2N. The van der Waals surface area contributed by atoms with Crippen molar-refractivity contribution in [2.45, 2.75) is 24.8 Å². The molecule has 1 N–H and O–H groups in total. The average molecular weight is 306 g/mol. The Labute approximate surface area is 129 Å². The van der Waals surface area contributed by atoms with Gasteiger partial charge in [-0.2, -0.15) is 0 Å². The molecule has 0 aliphatic heterocycles. The van der Waals surface area contributed by atoms with Gasteiger partial charge in [0.1, 0.15) is 0 Å². The molecule has 1 aliphatic carbocycles. The molecule has 0 saturated heterocycles. The molecule has 20 heavy (non-hydrogen) atoms. The van der Waals surface area contributed by atoms with E-state index in [1.165, 1.54) is 16.7 Å². The monoisotopic (exact) mass is 305 g/mol. The standard InChI is InChI=1S/C17H17Cl2N/c1-20-17-10-12-4-2-3-5-13(12)14(17)8-11-6-7-15(18)16(19)9-11/h2-7,9,14,17,20H,8,10H2,1H3/t14-,17+/m0/s1. The van der Waals surface area contributed by atoms with Crippen molar-refractivity contribution in [3.63, 3.8) is 0 Å². The molecule has 0 saturated carbocycles. The molecule has 3 heteroatoms. The summed E-state index contributed by atoms with van der Waals surface area (Å²) in [6, 6.07) is 15.1. The van der Waals surface area contributed by atoms with Crippen LogP contribution < -0.4 is 5.32 Å². The molecule has 1 aliphatic rings. The van der Waals surface area contributed by atoms with Crippen LogP contribution in [0.25, 0.3) is 0 Å². The van der Waals surface area contributed by atoms with Crippen LogP contribution in [0.3, 0.4) is 0 Å². The second-order valence-electron chi connectivity index (χ2n) is 5.36. The Morgan fingerprint density at radius 2 is 1.90 bits per heavy atom. The lowest BCUT2D eigenvalue weighted by molar-refractivity contribution is 0.492. The molecule has 104 valence electrons. The Morgan fingerprint density at radius 1 is 1.10 bits per heavy atom. The van der Waals surface area contributed by atoms with E-state index in [9.17, 15) is 0 Å². The normalized spacial score (nSPS) is 20.9. The van der Waals surface area contributed by atoms with Gasteiger partial charge in [-0.15, -0.1) is 0 Å². The van der Waals surface area contributed by atoms with Crippen molar-refractivity contribution >= 4 is 23.2 Å². The number of likely N-dealkylation sites (N-methyl/N-ethyl adjacent to an activating group) is 1. The van der Waals surface area contributed by atoms with Gasteiger partial charge in [-0.3, -0.25) is 0 Å². The number of benzene rings is 2. The van der Waals surface area contributed by atoms with E-state index in [4.69, 9.17) is 23.2 Å². The van der Waals surface area contributed by atoms with E-state index in [-0.39, 0.29) is 0 Å². The molecule has 0 radical (unpaired) electrons. The molecule has 2 atom stereocenters. The maximum absolute atomic E-state index is 6.12. The molecule has 0 spiro atoms. The summed E-state index contributed by atoms with van der Waals surface area (Å²) in [5.41, 5.74) is 4.15. The largest absolute Gasteiger partial charge is 0.316 e. The van der Waals surface area contributed by atoms with Crippen LogP contribution in [0.2, 0.25) is 10.0 Å². The van der Waals surface area contributed by atoms with Crippen LogP contribution in [0.5, 0.6) is 0 Å². The third-order valence-electron chi connectivity index (χ3n) is 4.19. The van der Waals surface area contributed by atoms with Gasteiger partial charge in [-0.05, 0) is 48.7 Å². The predicted octanol–water partition coefficient (Wildman–Crippen LogP) is 4.46. The molecule has 0 amide bonds. The highest BCUT2D eigenvalue weighted by atomic mass is 35.5. The van der Waals surface area contributed by atoms with Gasteiger partial charge in [0.15, 0.2) is 0 Å². The number of hydrogen-bond donors (Lipinski definition) is 1. The van der Waals surface area contributed by atoms with Gasteiger partial charge in [0, 0.05) is 12.0 Å². The molecule has 1 nitrogen and oxygen atoms in total. The quantitative estimate of drug-likeness (QED) is 0.882. The topological polar surface area (TPSA) is 12.0 Å². The fourth-order valence-electron chi connectivity index (χ4n) is 3.15.